The van der Waals surface area contributed by atoms with Crippen molar-refractivity contribution >= 4 is 32.7 Å². The van der Waals surface area contributed by atoms with Crippen LogP contribution in [-0.4, -0.2) is 21.8 Å². The van der Waals surface area contributed by atoms with Crippen LogP contribution in [0, 0.1) is 0 Å². The summed E-state index contributed by atoms with van der Waals surface area (Å²) in [6.45, 7) is 0.791. The first-order chi connectivity index (χ1) is 10.2. The van der Waals surface area contributed by atoms with E-state index in [-0.39, 0.29) is 0 Å². The number of aryl methyl sites for hydroxylation is 1. The van der Waals surface area contributed by atoms with Crippen LogP contribution in [0.5, 0.6) is 0 Å². The van der Waals surface area contributed by atoms with Gasteiger partial charge in [-0.2, -0.15) is 5.10 Å². The standard InChI is InChI=1S/C16H17BrN4/c1-20(10-12-9-18-21(2)11-12)16-14(8-17)7-13-5-3-4-6-15(13)19-16/h3-7,9,11H,8,10H2,1-2H3. The number of anilines is 1. The summed E-state index contributed by atoms with van der Waals surface area (Å²) in [5, 5.41) is 6.18. The molecule has 0 unspecified atom stereocenters. The summed E-state index contributed by atoms with van der Waals surface area (Å²) in [6.07, 6.45) is 3.93. The Morgan fingerprint density at radius 1 is 1.29 bits per heavy atom. The fourth-order valence-corrected chi connectivity index (χ4v) is 2.89. The third-order valence-corrected chi connectivity index (χ3v) is 4.07. The molecule has 0 spiro atoms. The van der Waals surface area contributed by atoms with E-state index >= 15 is 0 Å². The van der Waals surface area contributed by atoms with Crippen LogP contribution in [0.15, 0.2) is 42.7 Å². The zero-order valence-electron chi connectivity index (χ0n) is 12.1. The molecule has 0 aliphatic rings. The van der Waals surface area contributed by atoms with Crippen molar-refractivity contribution in [3.8, 4) is 0 Å². The summed E-state index contributed by atoms with van der Waals surface area (Å²) in [7, 11) is 4.00. The predicted octanol–water partition coefficient (Wildman–Crippen LogP) is 3.50. The van der Waals surface area contributed by atoms with Crippen molar-refractivity contribution in [2.24, 2.45) is 7.05 Å². The molecule has 0 aliphatic carbocycles. The van der Waals surface area contributed by atoms with Gasteiger partial charge in [0.15, 0.2) is 0 Å². The average molecular weight is 345 g/mol. The van der Waals surface area contributed by atoms with Gasteiger partial charge in [-0.1, -0.05) is 34.1 Å². The van der Waals surface area contributed by atoms with Crippen LogP contribution in [0.4, 0.5) is 5.82 Å². The second kappa shape index (κ2) is 5.85. The van der Waals surface area contributed by atoms with Gasteiger partial charge in [-0.05, 0) is 12.1 Å². The van der Waals surface area contributed by atoms with Gasteiger partial charge in [0, 0.05) is 48.7 Å². The van der Waals surface area contributed by atoms with Gasteiger partial charge in [-0.15, -0.1) is 0 Å². The SMILES string of the molecule is CN(Cc1cnn(C)c1)c1nc2ccccc2cc1CBr. The molecule has 2 heterocycles. The molecule has 0 bridgehead atoms. The maximum atomic E-state index is 4.82. The molecule has 0 radical (unpaired) electrons. The zero-order chi connectivity index (χ0) is 14.8. The molecule has 0 amide bonds. The topological polar surface area (TPSA) is 34.0 Å². The first kappa shape index (κ1) is 14.1. The first-order valence-corrected chi connectivity index (χ1v) is 7.93. The molecule has 2 aromatic heterocycles. The second-order valence-electron chi connectivity index (χ2n) is 5.18. The molecule has 5 heteroatoms. The lowest BCUT2D eigenvalue weighted by Crippen LogP contribution is -2.19. The fraction of sp³-hybridized carbons (Fsp3) is 0.250. The Morgan fingerprint density at radius 3 is 2.81 bits per heavy atom. The van der Waals surface area contributed by atoms with E-state index in [1.165, 1.54) is 16.5 Å². The highest BCUT2D eigenvalue weighted by molar-refractivity contribution is 9.08. The van der Waals surface area contributed by atoms with Crippen LogP contribution in [0.3, 0.4) is 0 Å². The van der Waals surface area contributed by atoms with E-state index in [1.54, 1.807) is 0 Å². The van der Waals surface area contributed by atoms with Crippen LogP contribution in [0.1, 0.15) is 11.1 Å². The molecule has 108 valence electrons. The van der Waals surface area contributed by atoms with Gasteiger partial charge >= 0.3 is 0 Å². The average Bonchev–Trinajstić information content (AvgIpc) is 2.90. The second-order valence-corrected chi connectivity index (χ2v) is 5.74. The number of aromatic nitrogens is 3. The Kier molecular flexibility index (Phi) is 3.92. The van der Waals surface area contributed by atoms with Gasteiger partial charge in [0.2, 0.25) is 0 Å². The number of pyridine rings is 1. The molecule has 3 aromatic rings. The number of hydrogen-bond acceptors (Lipinski definition) is 3. The molecule has 21 heavy (non-hydrogen) atoms. The van der Waals surface area contributed by atoms with Crippen molar-refractivity contribution in [1.82, 2.24) is 14.8 Å². The Balaban J connectivity index is 1.97. The maximum absolute atomic E-state index is 4.82. The van der Waals surface area contributed by atoms with Gasteiger partial charge < -0.3 is 4.90 Å². The minimum atomic E-state index is 0.789. The van der Waals surface area contributed by atoms with E-state index in [9.17, 15) is 0 Å². The van der Waals surface area contributed by atoms with E-state index in [1.807, 2.05) is 36.3 Å². The number of rotatable bonds is 4. The molecule has 0 N–H and O–H groups in total. The molecular formula is C16H17BrN4. The van der Waals surface area contributed by atoms with Crippen LogP contribution in [0.2, 0.25) is 0 Å². The van der Waals surface area contributed by atoms with E-state index in [2.05, 4.69) is 51.2 Å². The van der Waals surface area contributed by atoms with Crippen molar-refractivity contribution in [1.29, 1.82) is 0 Å². The molecule has 1 aromatic carbocycles. The molecule has 0 saturated carbocycles. The number of hydrogen-bond donors (Lipinski definition) is 0. The van der Waals surface area contributed by atoms with Crippen molar-refractivity contribution < 1.29 is 0 Å². The summed E-state index contributed by atoms with van der Waals surface area (Å²) in [5.74, 6) is 1.01. The van der Waals surface area contributed by atoms with Crippen molar-refractivity contribution in [2.45, 2.75) is 11.9 Å². The van der Waals surface area contributed by atoms with Gasteiger partial charge in [0.25, 0.3) is 0 Å². The summed E-state index contributed by atoms with van der Waals surface area (Å²) in [5.41, 5.74) is 3.39. The monoisotopic (exact) mass is 344 g/mol. The molecule has 0 aliphatic heterocycles. The number of nitrogens with zero attached hydrogens (tertiary/aromatic N) is 4. The van der Waals surface area contributed by atoms with Crippen molar-refractivity contribution in [2.75, 3.05) is 11.9 Å². The quantitative estimate of drug-likeness (QED) is 0.679. The van der Waals surface area contributed by atoms with Crippen LogP contribution >= 0.6 is 15.9 Å². The fourth-order valence-electron chi connectivity index (χ4n) is 2.48. The highest BCUT2D eigenvalue weighted by Gasteiger charge is 2.11. The molecule has 0 saturated heterocycles. The first-order valence-electron chi connectivity index (χ1n) is 6.80. The Bertz CT molecular complexity index is 766. The number of fused-ring (bicyclic) bond motifs is 1. The van der Waals surface area contributed by atoms with E-state index < -0.39 is 0 Å². The zero-order valence-corrected chi connectivity index (χ0v) is 13.7. The molecule has 4 nitrogen and oxygen atoms in total. The Hall–Kier alpha value is -1.88. The number of para-hydroxylation sites is 1. The van der Waals surface area contributed by atoms with Crippen LogP contribution in [-0.2, 0) is 18.9 Å². The lowest BCUT2D eigenvalue weighted by molar-refractivity contribution is 0.766. The highest BCUT2D eigenvalue weighted by Crippen LogP contribution is 2.25. The van der Waals surface area contributed by atoms with Crippen LogP contribution < -0.4 is 4.90 Å². The highest BCUT2D eigenvalue weighted by atomic mass is 79.9. The normalized spacial score (nSPS) is 11.0. The smallest absolute Gasteiger partial charge is 0.133 e. The summed E-state index contributed by atoms with van der Waals surface area (Å²) in [4.78, 5) is 6.98. The summed E-state index contributed by atoms with van der Waals surface area (Å²) in [6, 6.07) is 10.4. The van der Waals surface area contributed by atoms with Crippen molar-refractivity contribution in [3.05, 3.63) is 53.9 Å². The molecule has 0 atom stereocenters. The summed E-state index contributed by atoms with van der Waals surface area (Å²) >= 11 is 3.57. The van der Waals surface area contributed by atoms with E-state index in [0.29, 0.717) is 0 Å². The molecule has 0 fully saturated rings. The minimum Gasteiger partial charge on any atom is -0.355 e. The number of alkyl halides is 1. The number of benzene rings is 1. The van der Waals surface area contributed by atoms with Crippen molar-refractivity contribution in [3.63, 3.8) is 0 Å². The number of halogens is 1. The largest absolute Gasteiger partial charge is 0.355 e. The van der Waals surface area contributed by atoms with Crippen LogP contribution in [0.25, 0.3) is 10.9 Å². The summed E-state index contributed by atoms with van der Waals surface area (Å²) < 4.78 is 1.82. The third kappa shape index (κ3) is 2.93. The molecular weight excluding hydrogens is 328 g/mol. The van der Waals surface area contributed by atoms with E-state index in [4.69, 9.17) is 4.98 Å². The van der Waals surface area contributed by atoms with Gasteiger partial charge in [-0.3, -0.25) is 4.68 Å². The van der Waals surface area contributed by atoms with E-state index in [0.717, 1.165) is 23.2 Å². The predicted molar refractivity (Wildman–Crippen MR) is 89.7 cm³/mol. The Morgan fingerprint density at radius 2 is 2.10 bits per heavy atom. The lowest BCUT2D eigenvalue weighted by atomic mass is 10.1. The third-order valence-electron chi connectivity index (χ3n) is 3.46. The lowest BCUT2D eigenvalue weighted by Gasteiger charge is -2.20. The maximum Gasteiger partial charge on any atom is 0.133 e. The van der Waals surface area contributed by atoms with Gasteiger partial charge in [0.05, 0.1) is 11.7 Å². The Labute approximate surface area is 132 Å². The molecule has 3 rings (SSSR count). The van der Waals surface area contributed by atoms with Gasteiger partial charge in [0.1, 0.15) is 5.82 Å². The van der Waals surface area contributed by atoms with Gasteiger partial charge in [-0.25, -0.2) is 4.98 Å². The minimum absolute atomic E-state index is 0.789.